The maximum Gasteiger partial charge on any atom is 0.186 e. The van der Waals surface area contributed by atoms with Crippen molar-refractivity contribution in [3.05, 3.63) is 102 Å². The zero-order valence-electron chi connectivity index (χ0n) is 20.8. The van der Waals surface area contributed by atoms with Crippen LogP contribution in [0.1, 0.15) is 30.4 Å². The van der Waals surface area contributed by atoms with Crippen LogP contribution in [-0.4, -0.2) is 44.4 Å². The molecule has 0 aromatic heterocycles. The summed E-state index contributed by atoms with van der Waals surface area (Å²) in [5.41, 5.74) is 8.30. The Morgan fingerprint density at radius 3 is 1.81 bits per heavy atom. The van der Waals surface area contributed by atoms with Crippen LogP contribution < -0.4 is 10.5 Å². The minimum Gasteiger partial charge on any atom is -0.486 e. The lowest BCUT2D eigenvalue weighted by atomic mass is 10.1. The Bertz CT molecular complexity index is 923. The molecule has 3 aromatic rings. The van der Waals surface area contributed by atoms with Crippen molar-refractivity contribution in [1.29, 1.82) is 0 Å². The normalized spacial score (nSPS) is 11.9. The van der Waals surface area contributed by atoms with E-state index in [1.807, 2.05) is 91.0 Å². The molecule has 0 radical (unpaired) electrons. The lowest BCUT2D eigenvalue weighted by Gasteiger charge is -2.19. The fourth-order valence-corrected chi connectivity index (χ4v) is 3.56. The quantitative estimate of drug-likeness (QED) is 0.254. The van der Waals surface area contributed by atoms with E-state index in [2.05, 4.69) is 0 Å². The van der Waals surface area contributed by atoms with Gasteiger partial charge in [0, 0.05) is 6.61 Å². The molecule has 0 heterocycles. The van der Waals surface area contributed by atoms with Crippen LogP contribution in [0.2, 0.25) is 0 Å². The van der Waals surface area contributed by atoms with Crippen LogP contribution in [0.25, 0.3) is 0 Å². The smallest absolute Gasteiger partial charge is 0.186 e. The lowest BCUT2D eigenvalue weighted by Crippen LogP contribution is -2.34. The molecular weight excluding hydrogens is 454 g/mol. The molecule has 0 saturated heterocycles. The van der Waals surface area contributed by atoms with Gasteiger partial charge in [-0.25, -0.2) is 0 Å². The molecule has 0 amide bonds. The van der Waals surface area contributed by atoms with Crippen molar-refractivity contribution in [2.75, 3.05) is 26.4 Å². The van der Waals surface area contributed by atoms with Crippen molar-refractivity contribution < 1.29 is 23.7 Å². The Kier molecular flexibility index (Phi) is 12.7. The van der Waals surface area contributed by atoms with Gasteiger partial charge in [0.2, 0.25) is 0 Å². The number of benzene rings is 3. The third-order valence-corrected chi connectivity index (χ3v) is 5.63. The van der Waals surface area contributed by atoms with E-state index in [1.54, 1.807) is 0 Å². The zero-order chi connectivity index (χ0) is 25.3. The highest BCUT2D eigenvalue weighted by atomic mass is 16.6. The number of rotatable bonds is 18. The van der Waals surface area contributed by atoms with Gasteiger partial charge in [0.1, 0.15) is 18.5 Å². The number of carbonyl (C=O) groups is 1. The second-order valence-corrected chi connectivity index (χ2v) is 8.66. The van der Waals surface area contributed by atoms with Gasteiger partial charge in [-0.15, -0.1) is 0 Å². The minimum absolute atomic E-state index is 0.0126. The molecule has 3 rings (SSSR count). The van der Waals surface area contributed by atoms with Crippen molar-refractivity contribution in [1.82, 2.24) is 0 Å². The van der Waals surface area contributed by atoms with Gasteiger partial charge in [0.25, 0.3) is 0 Å². The molecule has 0 aliphatic carbocycles. The standard InChI is InChI=1S/C30H37NO5/c31-29(30(32)24-36-27-16-8-3-9-17-27)18-10-11-19-35-28(22-33-20-25-12-4-1-5-13-25)23-34-21-26-14-6-2-7-15-26/h1-9,12-17,28-29H,10-11,18-24,31H2. The fraction of sp³-hybridized carbons (Fsp3) is 0.367. The molecule has 2 N–H and O–H groups in total. The summed E-state index contributed by atoms with van der Waals surface area (Å²) in [6.07, 6.45) is 2.02. The van der Waals surface area contributed by atoms with Gasteiger partial charge < -0.3 is 24.7 Å². The van der Waals surface area contributed by atoms with Crippen molar-refractivity contribution in [3.8, 4) is 5.75 Å². The van der Waals surface area contributed by atoms with E-state index in [4.69, 9.17) is 24.7 Å². The predicted octanol–water partition coefficient (Wildman–Crippen LogP) is 4.95. The molecule has 0 aliphatic heterocycles. The largest absolute Gasteiger partial charge is 0.486 e. The second-order valence-electron chi connectivity index (χ2n) is 8.66. The molecule has 0 bridgehead atoms. The van der Waals surface area contributed by atoms with Gasteiger partial charge in [-0.05, 0) is 42.5 Å². The van der Waals surface area contributed by atoms with Crippen LogP contribution >= 0.6 is 0 Å². The van der Waals surface area contributed by atoms with E-state index >= 15 is 0 Å². The summed E-state index contributed by atoms with van der Waals surface area (Å²) in [5, 5.41) is 0. The SMILES string of the molecule is NC(CCCCOC(COCc1ccccc1)COCc1ccccc1)C(=O)COc1ccccc1. The van der Waals surface area contributed by atoms with E-state index in [0.29, 0.717) is 45.2 Å². The highest BCUT2D eigenvalue weighted by Gasteiger charge is 2.15. The van der Waals surface area contributed by atoms with Crippen LogP contribution in [0.15, 0.2) is 91.0 Å². The maximum atomic E-state index is 12.2. The van der Waals surface area contributed by atoms with Gasteiger partial charge in [-0.3, -0.25) is 4.79 Å². The third kappa shape index (κ3) is 11.1. The Hall–Kier alpha value is -3.03. The molecule has 6 nitrogen and oxygen atoms in total. The second kappa shape index (κ2) is 16.6. The first kappa shape index (κ1) is 27.6. The van der Waals surface area contributed by atoms with Crippen LogP contribution in [0.4, 0.5) is 0 Å². The lowest BCUT2D eigenvalue weighted by molar-refractivity contribution is -0.122. The topological polar surface area (TPSA) is 80.0 Å². The number of hydrogen-bond acceptors (Lipinski definition) is 6. The molecular formula is C30H37NO5. The Balaban J connectivity index is 1.33. The van der Waals surface area contributed by atoms with E-state index in [0.717, 1.165) is 24.0 Å². The van der Waals surface area contributed by atoms with Crippen molar-refractivity contribution in [2.45, 2.75) is 44.6 Å². The molecule has 3 aromatic carbocycles. The first-order chi connectivity index (χ1) is 17.7. The van der Waals surface area contributed by atoms with E-state index < -0.39 is 6.04 Å². The molecule has 1 atom stereocenters. The van der Waals surface area contributed by atoms with E-state index in [1.165, 1.54) is 0 Å². The summed E-state index contributed by atoms with van der Waals surface area (Å²) in [7, 11) is 0. The Morgan fingerprint density at radius 1 is 0.722 bits per heavy atom. The Labute approximate surface area is 214 Å². The first-order valence-corrected chi connectivity index (χ1v) is 12.5. The molecule has 36 heavy (non-hydrogen) atoms. The minimum atomic E-state index is -0.534. The van der Waals surface area contributed by atoms with E-state index in [-0.39, 0.29) is 18.5 Å². The van der Waals surface area contributed by atoms with Crippen molar-refractivity contribution in [3.63, 3.8) is 0 Å². The average molecular weight is 492 g/mol. The van der Waals surface area contributed by atoms with E-state index in [9.17, 15) is 4.79 Å². The number of ether oxygens (including phenoxy) is 4. The molecule has 0 saturated carbocycles. The summed E-state index contributed by atoms with van der Waals surface area (Å²) in [6, 6.07) is 28.9. The highest BCUT2D eigenvalue weighted by Crippen LogP contribution is 2.10. The third-order valence-electron chi connectivity index (χ3n) is 5.63. The molecule has 0 aliphatic rings. The van der Waals surface area contributed by atoms with Crippen molar-refractivity contribution >= 4 is 5.78 Å². The number of hydrogen-bond donors (Lipinski definition) is 1. The first-order valence-electron chi connectivity index (χ1n) is 12.5. The fourth-order valence-electron chi connectivity index (χ4n) is 3.56. The average Bonchev–Trinajstić information content (AvgIpc) is 2.93. The number of ketones is 1. The molecule has 0 fully saturated rings. The summed E-state index contributed by atoms with van der Waals surface area (Å²) < 4.78 is 23.4. The zero-order valence-corrected chi connectivity index (χ0v) is 20.8. The molecule has 0 spiro atoms. The van der Waals surface area contributed by atoms with Gasteiger partial charge in [0.05, 0.1) is 32.5 Å². The molecule has 1 unspecified atom stereocenters. The van der Waals surface area contributed by atoms with Crippen LogP contribution in [0.5, 0.6) is 5.75 Å². The highest BCUT2D eigenvalue weighted by molar-refractivity contribution is 5.85. The van der Waals surface area contributed by atoms with Gasteiger partial charge in [-0.2, -0.15) is 0 Å². The van der Waals surface area contributed by atoms with Crippen molar-refractivity contribution in [2.24, 2.45) is 5.73 Å². The summed E-state index contributed by atoms with van der Waals surface area (Å²) in [4.78, 5) is 12.2. The van der Waals surface area contributed by atoms with Gasteiger partial charge in [-0.1, -0.05) is 78.9 Å². The number of nitrogens with two attached hydrogens (primary N) is 1. The monoisotopic (exact) mass is 491 g/mol. The number of carbonyl (C=O) groups excluding carboxylic acids is 1. The molecule has 6 heteroatoms. The van der Waals surface area contributed by atoms with Crippen LogP contribution in [0.3, 0.4) is 0 Å². The Morgan fingerprint density at radius 2 is 1.25 bits per heavy atom. The van der Waals surface area contributed by atoms with Crippen LogP contribution in [-0.2, 0) is 32.2 Å². The molecule has 192 valence electrons. The number of para-hydroxylation sites is 1. The predicted molar refractivity (Wildman–Crippen MR) is 141 cm³/mol. The summed E-state index contributed by atoms with van der Waals surface area (Å²) in [5.74, 6) is 0.572. The number of Topliss-reactive ketones (excluding diaryl/α,β-unsaturated/α-hetero) is 1. The summed E-state index contributed by atoms with van der Waals surface area (Å²) in [6.45, 7) is 2.48. The maximum absolute atomic E-state index is 12.2. The number of unbranched alkanes of at least 4 members (excludes halogenated alkanes) is 1. The summed E-state index contributed by atoms with van der Waals surface area (Å²) >= 11 is 0. The van der Waals surface area contributed by atoms with Gasteiger partial charge in [0.15, 0.2) is 5.78 Å². The van der Waals surface area contributed by atoms with Gasteiger partial charge >= 0.3 is 0 Å². The van der Waals surface area contributed by atoms with Crippen LogP contribution in [0, 0.1) is 0 Å².